The van der Waals surface area contributed by atoms with Gasteiger partial charge in [0.05, 0.1) is 18.4 Å². The number of hydrogen-bond donors (Lipinski definition) is 1. The summed E-state index contributed by atoms with van der Waals surface area (Å²) in [5.74, 6) is 1.89. The van der Waals surface area contributed by atoms with Crippen molar-refractivity contribution in [3.8, 4) is 28.7 Å². The summed E-state index contributed by atoms with van der Waals surface area (Å²) in [4.78, 5) is 16.7. The number of rotatable bonds is 10. The Bertz CT molecular complexity index is 1320. The molecule has 8 nitrogen and oxygen atoms in total. The van der Waals surface area contributed by atoms with Crippen LogP contribution in [0.1, 0.15) is 42.4 Å². The largest absolute Gasteiger partial charge is 0.493 e. The van der Waals surface area contributed by atoms with Gasteiger partial charge in [-0.25, -0.2) is 4.98 Å². The minimum atomic E-state index is -0.496. The number of ether oxygens (including phenoxy) is 2. The average molecular weight is 495 g/mol. The lowest BCUT2D eigenvalue weighted by Gasteiger charge is -2.13. The number of hydrogen-bond acceptors (Lipinski definition) is 8. The second-order valence-corrected chi connectivity index (χ2v) is 8.71. The van der Waals surface area contributed by atoms with Crippen molar-refractivity contribution in [3.63, 3.8) is 0 Å². The van der Waals surface area contributed by atoms with E-state index in [0.29, 0.717) is 36.3 Å². The number of nitrogens with one attached hydrogen (secondary N) is 1. The topological polar surface area (TPSA) is 99.4 Å². The van der Waals surface area contributed by atoms with E-state index in [1.807, 2.05) is 13.8 Å². The van der Waals surface area contributed by atoms with Gasteiger partial charge in [0.15, 0.2) is 10.3 Å². The minimum Gasteiger partial charge on any atom is -0.493 e. The van der Waals surface area contributed by atoms with E-state index in [-0.39, 0.29) is 22.4 Å². The van der Waals surface area contributed by atoms with Crippen LogP contribution >= 0.6 is 11.3 Å². The summed E-state index contributed by atoms with van der Waals surface area (Å²) in [6.45, 7) is 8.06. The first-order valence-corrected chi connectivity index (χ1v) is 11.7. The summed E-state index contributed by atoms with van der Waals surface area (Å²) in [7, 11) is 0. The Morgan fingerprint density at radius 1 is 1.20 bits per heavy atom. The van der Waals surface area contributed by atoms with Crippen LogP contribution in [0, 0.1) is 5.13 Å². The Hall–Kier alpha value is -4.05. The molecule has 1 amide bonds. The van der Waals surface area contributed by atoms with Gasteiger partial charge in [-0.05, 0) is 42.8 Å². The molecule has 0 fully saturated rings. The highest BCUT2D eigenvalue weighted by atomic mass is 32.1. The Balaban J connectivity index is 1.57. The molecule has 0 spiro atoms. The fraction of sp³-hybridized carbons (Fsp3) is 0.200. The molecule has 0 atom stereocenters. The van der Waals surface area contributed by atoms with Gasteiger partial charge in [0, 0.05) is 17.5 Å². The van der Waals surface area contributed by atoms with Crippen molar-refractivity contribution in [2.45, 2.75) is 26.2 Å². The van der Waals surface area contributed by atoms with E-state index >= 15 is 0 Å². The van der Waals surface area contributed by atoms with Crippen molar-refractivity contribution in [2.75, 3.05) is 11.9 Å². The molecule has 0 unspecified atom stereocenters. The van der Waals surface area contributed by atoms with Gasteiger partial charge in [-0.15, -0.1) is 16.8 Å². The second kappa shape index (κ2) is 10.9. The molecule has 180 valence electrons. The van der Waals surface area contributed by atoms with Gasteiger partial charge in [-0.1, -0.05) is 31.3 Å². The Labute approximate surface area is 205 Å². The lowest BCUT2D eigenvalue weighted by molar-refractivity contribution is 0.102. The Kier molecular flexibility index (Phi) is 7.51. The number of amides is 1. The number of aromatic nitrogens is 3. The number of carbonyl (C=O) groups excluding carboxylic acids is 1. The fourth-order valence-corrected chi connectivity index (χ4v) is 3.52. The molecule has 1 N–H and O–H groups in total. The first-order valence-electron chi connectivity index (χ1n) is 10.8. The summed E-state index contributed by atoms with van der Waals surface area (Å²) in [5, 5.41) is 10.4. The molecule has 10 heteroatoms. The third-order valence-corrected chi connectivity index (χ3v) is 5.45. The molecule has 0 aliphatic rings. The minimum absolute atomic E-state index is 0.130. The molecule has 0 aliphatic carbocycles. The van der Waals surface area contributed by atoms with Crippen molar-refractivity contribution in [2.24, 2.45) is 0 Å². The van der Waals surface area contributed by atoms with E-state index in [0.717, 1.165) is 23.1 Å². The summed E-state index contributed by atoms with van der Waals surface area (Å²) in [6.07, 6.45) is 3.47. The number of anilines is 1. The molecule has 0 saturated carbocycles. The zero-order valence-electron chi connectivity index (χ0n) is 19.2. The van der Waals surface area contributed by atoms with Gasteiger partial charge >= 0.3 is 0 Å². The maximum Gasteiger partial charge on any atom is 0.261 e. The number of halogens is 1. The van der Waals surface area contributed by atoms with Crippen LogP contribution in [0.2, 0.25) is 0 Å². The maximum absolute atomic E-state index is 13.3. The van der Waals surface area contributed by atoms with E-state index in [1.165, 1.54) is 0 Å². The van der Waals surface area contributed by atoms with Crippen molar-refractivity contribution in [1.82, 2.24) is 15.2 Å². The molecule has 0 radical (unpaired) electrons. The Morgan fingerprint density at radius 2 is 1.97 bits per heavy atom. The molecule has 4 aromatic rings. The van der Waals surface area contributed by atoms with Crippen LogP contribution in [0.4, 0.5) is 9.52 Å². The van der Waals surface area contributed by atoms with E-state index < -0.39 is 11.0 Å². The van der Waals surface area contributed by atoms with Crippen molar-refractivity contribution < 1.29 is 23.1 Å². The molecule has 2 aromatic carbocycles. The van der Waals surface area contributed by atoms with Gasteiger partial charge in [-0.3, -0.25) is 10.1 Å². The molecule has 0 aliphatic heterocycles. The third-order valence-electron chi connectivity index (χ3n) is 4.75. The molecular formula is C25H23FN4O4S. The summed E-state index contributed by atoms with van der Waals surface area (Å²) < 4.78 is 30.7. The van der Waals surface area contributed by atoms with Gasteiger partial charge in [0.25, 0.3) is 5.91 Å². The van der Waals surface area contributed by atoms with Crippen LogP contribution in [-0.4, -0.2) is 27.7 Å². The number of benzene rings is 2. The highest BCUT2D eigenvalue weighted by molar-refractivity contribution is 7.14. The molecule has 0 bridgehead atoms. The number of thiazole rings is 1. The van der Waals surface area contributed by atoms with Gasteiger partial charge in [-0.2, -0.15) is 4.39 Å². The van der Waals surface area contributed by atoms with E-state index in [9.17, 15) is 9.18 Å². The molecular weight excluding hydrogens is 471 g/mol. The lowest BCUT2D eigenvalue weighted by atomic mass is 10.1. The predicted octanol–water partition coefficient (Wildman–Crippen LogP) is 6.46. The Morgan fingerprint density at radius 3 is 2.63 bits per heavy atom. The van der Waals surface area contributed by atoms with Crippen LogP contribution in [-0.2, 0) is 0 Å². The normalized spacial score (nSPS) is 10.9. The predicted molar refractivity (Wildman–Crippen MR) is 131 cm³/mol. The quantitative estimate of drug-likeness (QED) is 0.200. The van der Waals surface area contributed by atoms with Crippen molar-refractivity contribution in [3.05, 3.63) is 77.9 Å². The fourth-order valence-electron chi connectivity index (χ4n) is 2.98. The first kappa shape index (κ1) is 24.1. The highest BCUT2D eigenvalue weighted by Gasteiger charge is 2.17. The van der Waals surface area contributed by atoms with Crippen LogP contribution in [0.5, 0.6) is 17.2 Å². The smallest absolute Gasteiger partial charge is 0.261 e. The molecule has 4 rings (SSSR count). The monoisotopic (exact) mass is 494 g/mol. The van der Waals surface area contributed by atoms with Crippen LogP contribution in [0.25, 0.3) is 11.5 Å². The molecule has 35 heavy (non-hydrogen) atoms. The van der Waals surface area contributed by atoms with Gasteiger partial charge in [0.2, 0.25) is 11.8 Å². The van der Waals surface area contributed by atoms with Crippen LogP contribution in [0.3, 0.4) is 0 Å². The molecule has 2 heterocycles. The van der Waals surface area contributed by atoms with Crippen molar-refractivity contribution in [1.29, 1.82) is 0 Å². The summed E-state index contributed by atoms with van der Waals surface area (Å²) >= 11 is 0.736. The summed E-state index contributed by atoms with van der Waals surface area (Å²) in [5.41, 5.74) is 0.973. The van der Waals surface area contributed by atoms with E-state index in [1.54, 1.807) is 48.5 Å². The second-order valence-electron chi connectivity index (χ2n) is 7.73. The van der Waals surface area contributed by atoms with Gasteiger partial charge in [0.1, 0.15) is 17.2 Å². The van der Waals surface area contributed by atoms with Crippen LogP contribution < -0.4 is 14.8 Å². The van der Waals surface area contributed by atoms with Crippen molar-refractivity contribution >= 4 is 22.4 Å². The number of nitrogens with zero attached hydrogens (tertiary/aromatic N) is 3. The van der Waals surface area contributed by atoms with Crippen LogP contribution in [0.15, 0.2) is 65.7 Å². The lowest BCUT2D eigenvalue weighted by Crippen LogP contribution is -2.13. The molecule has 2 aromatic heterocycles. The SMILES string of the molecule is C=CCCOc1ccc(C(=O)Nc2ncc(F)s2)c(Oc2ccc(-c3nnc(C(C)C)o3)cc2)c1. The average Bonchev–Trinajstić information content (AvgIpc) is 3.49. The summed E-state index contributed by atoms with van der Waals surface area (Å²) in [6, 6.07) is 11.9. The van der Waals surface area contributed by atoms with E-state index in [4.69, 9.17) is 13.9 Å². The number of carbonyl (C=O) groups is 1. The van der Waals surface area contributed by atoms with Gasteiger partial charge < -0.3 is 13.9 Å². The zero-order chi connectivity index (χ0) is 24.8. The van der Waals surface area contributed by atoms with E-state index in [2.05, 4.69) is 27.1 Å². The zero-order valence-corrected chi connectivity index (χ0v) is 20.0. The standard InChI is InChI=1S/C25H23FN4O4S/c1-4-5-12-32-18-10-11-19(22(31)28-25-27-14-21(26)35-25)20(13-18)33-17-8-6-16(7-9-17)24-30-29-23(34-24)15(2)3/h4,6-11,13-15H,1,5,12H2,2-3H3,(H,27,28,31). The molecule has 0 saturated heterocycles. The third kappa shape index (κ3) is 6.10. The first-order chi connectivity index (χ1) is 16.9. The highest BCUT2D eigenvalue weighted by Crippen LogP contribution is 2.32. The maximum atomic E-state index is 13.3.